The molecule has 1 aliphatic carbocycles. The lowest BCUT2D eigenvalue weighted by atomic mass is 10.2. The molecular weight excluding hydrogens is 262 g/mol. The van der Waals surface area contributed by atoms with E-state index >= 15 is 0 Å². The van der Waals surface area contributed by atoms with Crippen LogP contribution in [0.15, 0.2) is 0 Å². The van der Waals surface area contributed by atoms with Gasteiger partial charge in [0.05, 0.1) is 4.83 Å². The van der Waals surface area contributed by atoms with E-state index < -0.39 is 0 Å². The Balaban J connectivity index is 2.39. The van der Waals surface area contributed by atoms with E-state index in [9.17, 15) is 4.79 Å². The highest BCUT2D eigenvalue weighted by molar-refractivity contribution is 9.10. The number of hydrogen-bond donors (Lipinski definition) is 1. The van der Waals surface area contributed by atoms with E-state index in [-0.39, 0.29) is 10.7 Å². The lowest BCUT2D eigenvalue weighted by Gasteiger charge is -2.20. The summed E-state index contributed by atoms with van der Waals surface area (Å²) in [5, 5.41) is 3.74. The maximum atomic E-state index is 11.6. The van der Waals surface area contributed by atoms with Gasteiger partial charge in [0.15, 0.2) is 0 Å². The number of amides is 1. The van der Waals surface area contributed by atoms with Crippen LogP contribution in [-0.4, -0.2) is 28.3 Å². The molecule has 0 spiro atoms. The summed E-state index contributed by atoms with van der Waals surface area (Å²) >= 11 is 5.24. The fourth-order valence-corrected chi connectivity index (χ4v) is 2.90. The van der Waals surface area contributed by atoms with Crippen LogP contribution in [0, 0.1) is 0 Å². The van der Waals surface area contributed by atoms with Gasteiger partial charge in [0.1, 0.15) is 0 Å². The van der Waals surface area contributed by atoms with Crippen molar-refractivity contribution in [1.82, 2.24) is 5.32 Å². The summed E-state index contributed by atoms with van der Waals surface area (Å²) in [6, 6.07) is 0.393. The molecule has 1 N–H and O–H groups in total. The second-order valence-corrected chi connectivity index (χ2v) is 5.88. The molecule has 0 aliphatic heterocycles. The van der Waals surface area contributed by atoms with Crippen LogP contribution < -0.4 is 5.32 Å². The predicted octanol–water partition coefficient (Wildman–Crippen LogP) is 2.56. The first-order valence-corrected chi connectivity index (χ1v) is 7.36. The van der Waals surface area contributed by atoms with Crippen LogP contribution in [0.25, 0.3) is 0 Å². The SMILES string of the molecule is CCC(Br)C(=O)NC1CCCC1SC. The minimum Gasteiger partial charge on any atom is -0.351 e. The summed E-state index contributed by atoms with van der Waals surface area (Å²) in [6.45, 7) is 2.01. The van der Waals surface area contributed by atoms with Crippen molar-refractivity contribution in [3.05, 3.63) is 0 Å². The number of halogens is 1. The summed E-state index contributed by atoms with van der Waals surface area (Å²) in [5.41, 5.74) is 0. The van der Waals surface area contributed by atoms with Crippen LogP contribution in [0.1, 0.15) is 32.6 Å². The summed E-state index contributed by atoms with van der Waals surface area (Å²) in [4.78, 5) is 11.6. The highest BCUT2D eigenvalue weighted by Gasteiger charge is 2.28. The van der Waals surface area contributed by atoms with Crippen LogP contribution in [0.4, 0.5) is 0 Å². The molecule has 14 heavy (non-hydrogen) atoms. The summed E-state index contributed by atoms with van der Waals surface area (Å²) in [6.07, 6.45) is 6.60. The Hall–Kier alpha value is 0.300. The first-order valence-electron chi connectivity index (χ1n) is 5.16. The number of rotatable bonds is 4. The van der Waals surface area contributed by atoms with Crippen molar-refractivity contribution in [3.63, 3.8) is 0 Å². The van der Waals surface area contributed by atoms with Gasteiger partial charge < -0.3 is 5.32 Å². The van der Waals surface area contributed by atoms with E-state index in [4.69, 9.17) is 0 Å². The van der Waals surface area contributed by atoms with E-state index in [1.54, 1.807) is 0 Å². The van der Waals surface area contributed by atoms with Gasteiger partial charge in [-0.15, -0.1) is 0 Å². The topological polar surface area (TPSA) is 29.1 Å². The quantitative estimate of drug-likeness (QED) is 0.802. The number of carbonyl (C=O) groups excluding carboxylic acids is 1. The molecule has 1 amide bonds. The number of carbonyl (C=O) groups is 1. The van der Waals surface area contributed by atoms with Gasteiger partial charge in [0, 0.05) is 11.3 Å². The van der Waals surface area contributed by atoms with Crippen LogP contribution in [-0.2, 0) is 4.79 Å². The van der Waals surface area contributed by atoms with Crippen LogP contribution in [0.2, 0.25) is 0 Å². The van der Waals surface area contributed by atoms with Gasteiger partial charge in [-0.25, -0.2) is 0 Å². The van der Waals surface area contributed by atoms with Crippen molar-refractivity contribution < 1.29 is 4.79 Å². The highest BCUT2D eigenvalue weighted by Crippen LogP contribution is 2.28. The van der Waals surface area contributed by atoms with Crippen LogP contribution in [0.3, 0.4) is 0 Å². The second-order valence-electron chi connectivity index (χ2n) is 3.70. The Labute approximate surface area is 98.7 Å². The van der Waals surface area contributed by atoms with Gasteiger partial charge in [0.2, 0.25) is 5.91 Å². The third kappa shape index (κ3) is 3.16. The van der Waals surface area contributed by atoms with Gasteiger partial charge in [0.25, 0.3) is 0 Å². The molecular formula is C10H18BrNOS. The minimum absolute atomic E-state index is 0.0226. The van der Waals surface area contributed by atoms with Crippen LogP contribution >= 0.6 is 27.7 Å². The van der Waals surface area contributed by atoms with Gasteiger partial charge in [-0.1, -0.05) is 29.3 Å². The molecule has 0 radical (unpaired) electrons. The van der Waals surface area contributed by atoms with E-state index in [1.807, 2.05) is 18.7 Å². The fraction of sp³-hybridized carbons (Fsp3) is 0.900. The third-order valence-electron chi connectivity index (χ3n) is 2.73. The molecule has 1 fully saturated rings. The predicted molar refractivity (Wildman–Crippen MR) is 66.1 cm³/mol. The number of nitrogens with one attached hydrogen (secondary N) is 1. The lowest BCUT2D eigenvalue weighted by molar-refractivity contribution is -0.121. The zero-order valence-electron chi connectivity index (χ0n) is 8.75. The first kappa shape index (κ1) is 12.4. The van der Waals surface area contributed by atoms with E-state index in [0.717, 1.165) is 12.8 Å². The van der Waals surface area contributed by atoms with Gasteiger partial charge in [-0.3, -0.25) is 4.79 Å². The molecule has 0 bridgehead atoms. The molecule has 2 nitrogen and oxygen atoms in total. The molecule has 3 unspecified atom stereocenters. The van der Waals surface area contributed by atoms with Crippen LogP contribution in [0.5, 0.6) is 0 Å². The smallest absolute Gasteiger partial charge is 0.234 e. The molecule has 0 aromatic carbocycles. The van der Waals surface area contributed by atoms with Crippen molar-refractivity contribution in [3.8, 4) is 0 Å². The zero-order valence-corrected chi connectivity index (χ0v) is 11.2. The normalized spacial score (nSPS) is 28.8. The van der Waals surface area contributed by atoms with Crippen molar-refractivity contribution in [2.45, 2.75) is 48.7 Å². The Morgan fingerprint density at radius 3 is 2.93 bits per heavy atom. The highest BCUT2D eigenvalue weighted by atomic mass is 79.9. The Bertz CT molecular complexity index is 201. The number of thioether (sulfide) groups is 1. The molecule has 1 saturated carbocycles. The van der Waals surface area contributed by atoms with Gasteiger partial charge in [-0.05, 0) is 25.5 Å². The van der Waals surface area contributed by atoms with Crippen molar-refractivity contribution >= 4 is 33.6 Å². The molecule has 82 valence electrons. The lowest BCUT2D eigenvalue weighted by Crippen LogP contribution is -2.42. The molecule has 0 saturated heterocycles. The second kappa shape index (κ2) is 6.01. The molecule has 3 atom stereocenters. The third-order valence-corrected chi connectivity index (χ3v) is 4.96. The minimum atomic E-state index is -0.0226. The Kier molecular flexibility index (Phi) is 5.31. The standard InChI is InChI=1S/C10H18BrNOS/c1-3-7(11)10(13)12-8-5-4-6-9(8)14-2/h7-9H,3-6H2,1-2H3,(H,12,13). The van der Waals surface area contributed by atoms with Gasteiger partial charge in [-0.2, -0.15) is 11.8 Å². The molecule has 4 heteroatoms. The van der Waals surface area contributed by atoms with E-state index in [0.29, 0.717) is 11.3 Å². The van der Waals surface area contributed by atoms with Gasteiger partial charge >= 0.3 is 0 Å². The maximum Gasteiger partial charge on any atom is 0.234 e. The molecule has 1 aliphatic rings. The summed E-state index contributed by atoms with van der Waals surface area (Å²) in [7, 11) is 0. The molecule has 1 rings (SSSR count). The molecule has 0 aromatic heterocycles. The van der Waals surface area contributed by atoms with E-state index in [1.165, 1.54) is 12.8 Å². The zero-order chi connectivity index (χ0) is 10.6. The number of alkyl halides is 1. The number of hydrogen-bond acceptors (Lipinski definition) is 2. The average Bonchev–Trinajstić information content (AvgIpc) is 2.63. The maximum absolute atomic E-state index is 11.6. The first-order chi connectivity index (χ1) is 6.69. The largest absolute Gasteiger partial charge is 0.351 e. The Morgan fingerprint density at radius 1 is 1.64 bits per heavy atom. The van der Waals surface area contributed by atoms with Crippen molar-refractivity contribution in [2.75, 3.05) is 6.26 Å². The van der Waals surface area contributed by atoms with Crippen molar-refractivity contribution in [2.24, 2.45) is 0 Å². The molecule has 0 heterocycles. The summed E-state index contributed by atoms with van der Waals surface area (Å²) < 4.78 is 0. The average molecular weight is 280 g/mol. The summed E-state index contributed by atoms with van der Waals surface area (Å²) in [5.74, 6) is 0.151. The fourth-order valence-electron chi connectivity index (χ4n) is 1.83. The van der Waals surface area contributed by atoms with Crippen molar-refractivity contribution in [1.29, 1.82) is 0 Å². The van der Waals surface area contributed by atoms with E-state index in [2.05, 4.69) is 27.5 Å². The molecule has 0 aromatic rings. The Morgan fingerprint density at radius 2 is 2.36 bits per heavy atom. The monoisotopic (exact) mass is 279 g/mol.